The monoisotopic (exact) mass is 292 g/mol. The van der Waals surface area contributed by atoms with E-state index in [9.17, 15) is 14.7 Å². The second-order valence-corrected chi connectivity index (χ2v) is 4.84. The first-order valence-electron chi connectivity index (χ1n) is 6.64. The number of ether oxygens (including phenoxy) is 1. The maximum absolute atomic E-state index is 12.1. The molecule has 0 saturated carbocycles. The van der Waals surface area contributed by atoms with Gasteiger partial charge in [0.15, 0.2) is 0 Å². The van der Waals surface area contributed by atoms with Crippen molar-refractivity contribution in [2.45, 2.75) is 26.4 Å². The molecule has 6 nitrogen and oxygen atoms in total. The van der Waals surface area contributed by atoms with Crippen molar-refractivity contribution in [1.82, 2.24) is 9.88 Å². The lowest BCUT2D eigenvalue weighted by Crippen LogP contribution is -2.48. The van der Waals surface area contributed by atoms with Crippen LogP contribution < -0.4 is 0 Å². The third-order valence-corrected chi connectivity index (χ3v) is 2.84. The molecule has 6 heteroatoms. The molecule has 0 aromatic carbocycles. The van der Waals surface area contributed by atoms with Gasteiger partial charge in [0.05, 0.1) is 12.2 Å². The smallest absolute Gasteiger partial charge is 0.411 e. The Bertz CT molecular complexity index is 488. The van der Waals surface area contributed by atoms with Crippen LogP contribution in [0.25, 0.3) is 0 Å². The highest BCUT2D eigenvalue weighted by atomic mass is 16.6. The lowest BCUT2D eigenvalue weighted by Gasteiger charge is -2.30. The summed E-state index contributed by atoms with van der Waals surface area (Å²) in [6, 6.07) is 4.28. The molecule has 1 amide bonds. The van der Waals surface area contributed by atoms with Crippen LogP contribution in [0.2, 0.25) is 0 Å². The minimum Gasteiger partial charge on any atom is -0.480 e. The van der Waals surface area contributed by atoms with Gasteiger partial charge >= 0.3 is 12.1 Å². The summed E-state index contributed by atoms with van der Waals surface area (Å²) < 4.78 is 4.98. The Morgan fingerprint density at radius 2 is 2.19 bits per heavy atom. The summed E-state index contributed by atoms with van der Waals surface area (Å²) in [7, 11) is 0. The third kappa shape index (κ3) is 4.91. The Morgan fingerprint density at radius 3 is 2.67 bits per heavy atom. The van der Waals surface area contributed by atoms with Gasteiger partial charge in [-0.15, -0.1) is 0 Å². The van der Waals surface area contributed by atoms with Gasteiger partial charge in [0.1, 0.15) is 12.6 Å². The van der Waals surface area contributed by atoms with E-state index >= 15 is 0 Å². The number of aliphatic carboxylic acids is 1. The van der Waals surface area contributed by atoms with Crippen molar-refractivity contribution in [2.75, 3.05) is 6.61 Å². The van der Waals surface area contributed by atoms with E-state index in [1.54, 1.807) is 38.2 Å². The predicted octanol–water partition coefficient (Wildman–Crippen LogP) is 2.32. The van der Waals surface area contributed by atoms with E-state index in [-0.39, 0.29) is 19.1 Å². The molecule has 1 atom stereocenters. The van der Waals surface area contributed by atoms with Crippen molar-refractivity contribution < 1.29 is 19.4 Å². The van der Waals surface area contributed by atoms with Crippen molar-refractivity contribution in [2.24, 2.45) is 5.92 Å². The first kappa shape index (κ1) is 16.7. The van der Waals surface area contributed by atoms with E-state index < -0.39 is 18.1 Å². The minimum atomic E-state index is -1.07. The summed E-state index contributed by atoms with van der Waals surface area (Å²) in [5, 5.41) is 9.38. The molecular weight excluding hydrogens is 272 g/mol. The predicted molar refractivity (Wildman–Crippen MR) is 77.6 cm³/mol. The van der Waals surface area contributed by atoms with Crippen LogP contribution >= 0.6 is 0 Å². The number of nitrogens with zero attached hydrogens (tertiary/aromatic N) is 2. The fourth-order valence-corrected chi connectivity index (χ4v) is 1.93. The number of amides is 1. The van der Waals surface area contributed by atoms with E-state index in [0.29, 0.717) is 5.69 Å². The van der Waals surface area contributed by atoms with Gasteiger partial charge in [-0.25, -0.2) is 9.59 Å². The number of aromatic nitrogens is 1. The van der Waals surface area contributed by atoms with Crippen LogP contribution in [0.1, 0.15) is 19.5 Å². The molecule has 0 spiro atoms. The van der Waals surface area contributed by atoms with Crippen molar-refractivity contribution in [3.05, 3.63) is 42.7 Å². The topological polar surface area (TPSA) is 79.7 Å². The Balaban J connectivity index is 3.00. The molecule has 1 rings (SSSR count). The van der Waals surface area contributed by atoms with Gasteiger partial charge in [-0.3, -0.25) is 9.88 Å². The summed E-state index contributed by atoms with van der Waals surface area (Å²) in [4.78, 5) is 28.9. The number of pyridine rings is 1. The lowest BCUT2D eigenvalue weighted by atomic mass is 10.0. The number of hydrogen-bond acceptors (Lipinski definition) is 4. The molecule has 0 aliphatic rings. The molecule has 0 aliphatic heterocycles. The molecule has 1 N–H and O–H groups in total. The second-order valence-electron chi connectivity index (χ2n) is 4.84. The summed E-state index contributed by atoms with van der Waals surface area (Å²) in [5.41, 5.74) is 0.597. The number of hydrogen-bond donors (Lipinski definition) is 1. The molecule has 1 heterocycles. The summed E-state index contributed by atoms with van der Waals surface area (Å²) in [6.45, 7) is 7.05. The van der Waals surface area contributed by atoms with Crippen molar-refractivity contribution in [1.29, 1.82) is 0 Å². The number of carboxylic acids is 1. The zero-order valence-electron chi connectivity index (χ0n) is 12.2. The van der Waals surface area contributed by atoms with Crippen LogP contribution in [0, 0.1) is 5.92 Å². The van der Waals surface area contributed by atoms with Crippen molar-refractivity contribution in [3.8, 4) is 0 Å². The van der Waals surface area contributed by atoms with E-state index in [4.69, 9.17) is 4.74 Å². The van der Waals surface area contributed by atoms with Crippen LogP contribution in [0.5, 0.6) is 0 Å². The molecule has 0 aliphatic carbocycles. The van der Waals surface area contributed by atoms with Crippen LogP contribution in [0.3, 0.4) is 0 Å². The van der Waals surface area contributed by atoms with E-state index in [0.717, 1.165) is 0 Å². The number of carbonyl (C=O) groups excluding carboxylic acids is 1. The standard InChI is InChI=1S/C15H20N2O4/c1-4-9-21-15(20)17(13(11(2)3)14(18)19)10-12-7-5-6-8-16-12/h4-8,11,13H,1,9-10H2,2-3H3,(H,18,19). The summed E-state index contributed by atoms with van der Waals surface area (Å²) in [5.74, 6) is -1.33. The van der Waals surface area contributed by atoms with Gasteiger partial charge in [0.25, 0.3) is 0 Å². The largest absolute Gasteiger partial charge is 0.480 e. The van der Waals surface area contributed by atoms with E-state index in [1.807, 2.05) is 0 Å². The maximum Gasteiger partial charge on any atom is 0.411 e. The van der Waals surface area contributed by atoms with Gasteiger partial charge in [0, 0.05) is 6.20 Å². The maximum atomic E-state index is 12.1. The molecule has 0 bridgehead atoms. The molecular formula is C15H20N2O4. The second kappa shape index (κ2) is 8.04. The van der Waals surface area contributed by atoms with Gasteiger partial charge in [-0.05, 0) is 18.1 Å². The Hall–Kier alpha value is -2.37. The fraction of sp³-hybridized carbons (Fsp3) is 0.400. The highest BCUT2D eigenvalue weighted by Gasteiger charge is 2.33. The number of rotatable bonds is 7. The fourth-order valence-electron chi connectivity index (χ4n) is 1.93. The first-order chi connectivity index (χ1) is 9.97. The molecule has 0 fully saturated rings. The highest BCUT2D eigenvalue weighted by molar-refractivity contribution is 5.80. The normalized spacial score (nSPS) is 11.8. The van der Waals surface area contributed by atoms with Gasteiger partial charge < -0.3 is 9.84 Å². The Labute approximate surface area is 124 Å². The number of carboxylic acid groups (broad SMARTS) is 1. The molecule has 0 saturated heterocycles. The van der Waals surface area contributed by atoms with E-state index in [2.05, 4.69) is 11.6 Å². The molecule has 21 heavy (non-hydrogen) atoms. The summed E-state index contributed by atoms with van der Waals surface area (Å²) in [6.07, 6.45) is 2.33. The Morgan fingerprint density at radius 1 is 1.48 bits per heavy atom. The Kier molecular flexibility index (Phi) is 6.39. The molecule has 1 aromatic heterocycles. The first-order valence-corrected chi connectivity index (χ1v) is 6.64. The molecule has 1 unspecified atom stereocenters. The van der Waals surface area contributed by atoms with Gasteiger partial charge in [-0.1, -0.05) is 32.6 Å². The average Bonchev–Trinajstić information content (AvgIpc) is 2.44. The summed E-state index contributed by atoms with van der Waals surface area (Å²) >= 11 is 0. The molecule has 114 valence electrons. The third-order valence-electron chi connectivity index (χ3n) is 2.84. The van der Waals surface area contributed by atoms with E-state index in [1.165, 1.54) is 11.0 Å². The zero-order chi connectivity index (χ0) is 15.8. The van der Waals surface area contributed by atoms with Crippen molar-refractivity contribution >= 4 is 12.1 Å². The quantitative estimate of drug-likeness (QED) is 0.780. The highest BCUT2D eigenvalue weighted by Crippen LogP contribution is 2.16. The molecule has 0 radical (unpaired) electrons. The van der Waals surface area contributed by atoms with Crippen LogP contribution in [0.4, 0.5) is 4.79 Å². The van der Waals surface area contributed by atoms with Crippen LogP contribution in [0.15, 0.2) is 37.1 Å². The van der Waals surface area contributed by atoms with Crippen molar-refractivity contribution in [3.63, 3.8) is 0 Å². The van der Waals surface area contributed by atoms with Gasteiger partial charge in [-0.2, -0.15) is 0 Å². The average molecular weight is 292 g/mol. The zero-order valence-corrected chi connectivity index (χ0v) is 12.2. The SMILES string of the molecule is C=CCOC(=O)N(Cc1ccccn1)C(C(=O)O)C(C)C. The van der Waals surface area contributed by atoms with Crippen LogP contribution in [-0.4, -0.2) is 39.7 Å². The lowest BCUT2D eigenvalue weighted by molar-refractivity contribution is -0.144. The molecule has 1 aromatic rings. The van der Waals surface area contributed by atoms with Crippen LogP contribution in [-0.2, 0) is 16.1 Å². The number of carbonyl (C=O) groups is 2. The van der Waals surface area contributed by atoms with Gasteiger partial charge in [0.2, 0.25) is 0 Å². The minimum absolute atomic E-state index is 0.0297.